The van der Waals surface area contributed by atoms with Crippen LogP contribution in [-0.2, 0) is 0 Å². The number of hydrogen-bond donors (Lipinski definition) is 3. The molecule has 1 rings (SSSR count). The van der Waals surface area contributed by atoms with Gasteiger partial charge < -0.3 is 5.11 Å². The molecule has 0 fully saturated rings. The molecular weight excluding hydrogens is 182 g/mol. The Morgan fingerprint density at radius 1 is 1.50 bits per heavy atom. The molecule has 2 amide bonds. The molecular formula is C5H5N3O3S. The summed E-state index contributed by atoms with van der Waals surface area (Å²) >= 11 is 1.26. The van der Waals surface area contributed by atoms with Gasteiger partial charge in [0.25, 0.3) is 5.91 Å². The number of rotatable bonds is 1. The summed E-state index contributed by atoms with van der Waals surface area (Å²) in [6, 6.07) is 0. The van der Waals surface area contributed by atoms with Gasteiger partial charge in [0.2, 0.25) is 0 Å². The monoisotopic (exact) mass is 187 g/mol. The van der Waals surface area contributed by atoms with E-state index in [-0.39, 0.29) is 5.69 Å². The average Bonchev–Trinajstić information content (AvgIpc) is 2.51. The summed E-state index contributed by atoms with van der Waals surface area (Å²) in [6.45, 7) is 0. The van der Waals surface area contributed by atoms with Crippen molar-refractivity contribution >= 4 is 23.3 Å². The van der Waals surface area contributed by atoms with Crippen LogP contribution in [0.1, 0.15) is 10.5 Å². The van der Waals surface area contributed by atoms with Crippen LogP contribution < -0.4 is 10.9 Å². The average molecular weight is 187 g/mol. The first-order valence-electron chi connectivity index (χ1n) is 2.87. The zero-order valence-corrected chi connectivity index (χ0v) is 6.59. The van der Waals surface area contributed by atoms with Gasteiger partial charge in [-0.05, 0) is 0 Å². The number of thiazole rings is 1. The number of aromatic nitrogens is 1. The fraction of sp³-hybridized carbons (Fsp3) is 0. The van der Waals surface area contributed by atoms with E-state index in [1.165, 1.54) is 22.2 Å². The van der Waals surface area contributed by atoms with Gasteiger partial charge in [-0.3, -0.25) is 10.2 Å². The van der Waals surface area contributed by atoms with Crippen LogP contribution in [0, 0.1) is 0 Å². The number of nitrogens with one attached hydrogen (secondary N) is 2. The molecule has 12 heavy (non-hydrogen) atoms. The highest BCUT2D eigenvalue weighted by molar-refractivity contribution is 7.07. The zero-order valence-electron chi connectivity index (χ0n) is 5.77. The maximum absolute atomic E-state index is 10.9. The number of carbonyl (C=O) groups excluding carboxylic acids is 1. The van der Waals surface area contributed by atoms with Crippen molar-refractivity contribution in [2.75, 3.05) is 0 Å². The molecule has 0 radical (unpaired) electrons. The van der Waals surface area contributed by atoms with Crippen LogP contribution in [0.15, 0.2) is 10.9 Å². The molecule has 1 aromatic heterocycles. The molecule has 1 heterocycles. The molecule has 0 aliphatic carbocycles. The number of amides is 2. The first kappa shape index (κ1) is 8.47. The molecule has 3 N–H and O–H groups in total. The maximum Gasteiger partial charge on any atom is 0.423 e. The minimum Gasteiger partial charge on any atom is -0.464 e. The lowest BCUT2D eigenvalue weighted by molar-refractivity contribution is 0.0922. The van der Waals surface area contributed by atoms with Gasteiger partial charge in [-0.1, -0.05) is 0 Å². The molecule has 7 heteroatoms. The van der Waals surface area contributed by atoms with Crippen molar-refractivity contribution in [3.05, 3.63) is 16.6 Å². The molecule has 0 unspecified atom stereocenters. The van der Waals surface area contributed by atoms with E-state index >= 15 is 0 Å². The number of carbonyl (C=O) groups is 2. The molecule has 64 valence electrons. The van der Waals surface area contributed by atoms with Crippen LogP contribution in [0.4, 0.5) is 4.79 Å². The van der Waals surface area contributed by atoms with Gasteiger partial charge in [-0.15, -0.1) is 11.3 Å². The molecule has 0 bridgehead atoms. The van der Waals surface area contributed by atoms with Crippen LogP contribution >= 0.6 is 11.3 Å². The predicted octanol–water partition coefficient (Wildman–Crippen LogP) is 0.0555. The van der Waals surface area contributed by atoms with Crippen molar-refractivity contribution in [1.82, 2.24) is 15.8 Å². The fourth-order valence-electron chi connectivity index (χ4n) is 0.499. The van der Waals surface area contributed by atoms with Crippen LogP contribution in [0.25, 0.3) is 0 Å². The molecule has 6 nitrogen and oxygen atoms in total. The summed E-state index contributed by atoms with van der Waals surface area (Å²) in [6.07, 6.45) is -1.32. The van der Waals surface area contributed by atoms with Gasteiger partial charge in [-0.2, -0.15) is 0 Å². The van der Waals surface area contributed by atoms with E-state index in [1.807, 2.05) is 5.43 Å². The Hall–Kier alpha value is -1.63. The van der Waals surface area contributed by atoms with Gasteiger partial charge in [0.05, 0.1) is 5.51 Å². The van der Waals surface area contributed by atoms with Crippen LogP contribution in [0.5, 0.6) is 0 Å². The minimum absolute atomic E-state index is 0.189. The van der Waals surface area contributed by atoms with Gasteiger partial charge in [0, 0.05) is 5.38 Å². The third kappa shape index (κ3) is 2.20. The molecule has 0 aromatic carbocycles. The molecule has 0 atom stereocenters. The SMILES string of the molecule is O=C(O)NNC(=O)c1cscn1. The molecule has 0 saturated heterocycles. The van der Waals surface area contributed by atoms with E-state index in [0.29, 0.717) is 0 Å². The normalized spacial score (nSPS) is 9.00. The molecule has 0 spiro atoms. The maximum atomic E-state index is 10.9. The van der Waals surface area contributed by atoms with Crippen molar-refractivity contribution in [2.45, 2.75) is 0 Å². The summed E-state index contributed by atoms with van der Waals surface area (Å²) in [5.41, 5.74) is 5.33. The highest BCUT2D eigenvalue weighted by atomic mass is 32.1. The topological polar surface area (TPSA) is 91.3 Å². The van der Waals surface area contributed by atoms with Crippen molar-refractivity contribution in [3.63, 3.8) is 0 Å². The smallest absolute Gasteiger partial charge is 0.423 e. The van der Waals surface area contributed by atoms with Crippen LogP contribution in [0.2, 0.25) is 0 Å². The highest BCUT2D eigenvalue weighted by Gasteiger charge is 2.06. The fourth-order valence-corrected chi connectivity index (χ4v) is 1.03. The quantitative estimate of drug-likeness (QED) is 0.542. The standard InChI is InChI=1S/C5H5N3O3S/c9-4(7-8-5(10)11)3-1-12-2-6-3/h1-2,8H,(H,7,9)(H,10,11). The summed E-state index contributed by atoms with van der Waals surface area (Å²) in [4.78, 5) is 24.5. The third-order valence-corrected chi connectivity index (χ3v) is 1.53. The Balaban J connectivity index is 2.45. The zero-order chi connectivity index (χ0) is 8.97. The lowest BCUT2D eigenvalue weighted by Crippen LogP contribution is -2.40. The summed E-state index contributed by atoms with van der Waals surface area (Å²) in [7, 11) is 0. The Morgan fingerprint density at radius 3 is 2.75 bits per heavy atom. The van der Waals surface area contributed by atoms with E-state index in [9.17, 15) is 9.59 Å². The molecule has 0 aliphatic rings. The van der Waals surface area contributed by atoms with Crippen molar-refractivity contribution in [1.29, 1.82) is 0 Å². The van der Waals surface area contributed by atoms with E-state index in [1.54, 1.807) is 5.43 Å². The predicted molar refractivity (Wildman–Crippen MR) is 40.7 cm³/mol. The number of hydrazine groups is 1. The highest BCUT2D eigenvalue weighted by Crippen LogP contribution is 1.99. The Morgan fingerprint density at radius 2 is 2.25 bits per heavy atom. The Bertz CT molecular complexity index is 284. The van der Waals surface area contributed by atoms with E-state index in [4.69, 9.17) is 5.11 Å². The molecule has 0 aliphatic heterocycles. The van der Waals surface area contributed by atoms with Gasteiger partial charge in [0.15, 0.2) is 0 Å². The minimum atomic E-state index is -1.32. The lowest BCUT2D eigenvalue weighted by atomic mass is 10.5. The summed E-state index contributed by atoms with van der Waals surface area (Å²) in [5.74, 6) is -0.571. The second-order valence-corrected chi connectivity index (χ2v) is 2.48. The lowest BCUT2D eigenvalue weighted by Gasteiger charge is -1.99. The van der Waals surface area contributed by atoms with Crippen LogP contribution in [-0.4, -0.2) is 22.1 Å². The number of nitrogens with zero attached hydrogens (tertiary/aromatic N) is 1. The van der Waals surface area contributed by atoms with E-state index < -0.39 is 12.0 Å². The van der Waals surface area contributed by atoms with Crippen molar-refractivity contribution in [3.8, 4) is 0 Å². The second-order valence-electron chi connectivity index (χ2n) is 1.76. The van der Waals surface area contributed by atoms with Crippen LogP contribution in [0.3, 0.4) is 0 Å². The number of carboxylic acid groups (broad SMARTS) is 1. The van der Waals surface area contributed by atoms with E-state index in [2.05, 4.69) is 4.98 Å². The first-order chi connectivity index (χ1) is 5.70. The molecule has 1 aromatic rings. The Labute approximate surface area is 71.2 Å². The van der Waals surface area contributed by atoms with Crippen molar-refractivity contribution < 1.29 is 14.7 Å². The largest absolute Gasteiger partial charge is 0.464 e. The van der Waals surface area contributed by atoms with E-state index in [0.717, 1.165) is 0 Å². The second kappa shape index (κ2) is 3.67. The van der Waals surface area contributed by atoms with Gasteiger partial charge >= 0.3 is 6.09 Å². The van der Waals surface area contributed by atoms with Crippen molar-refractivity contribution in [2.24, 2.45) is 0 Å². The summed E-state index contributed by atoms with van der Waals surface area (Å²) < 4.78 is 0. The van der Waals surface area contributed by atoms with Gasteiger partial charge in [-0.25, -0.2) is 15.2 Å². The molecule has 0 saturated carbocycles. The number of hydrogen-bond acceptors (Lipinski definition) is 4. The third-order valence-electron chi connectivity index (χ3n) is 0.948. The summed E-state index contributed by atoms with van der Waals surface area (Å²) in [5, 5.41) is 9.63. The first-order valence-corrected chi connectivity index (χ1v) is 3.82. The van der Waals surface area contributed by atoms with Gasteiger partial charge in [0.1, 0.15) is 5.69 Å². The Kier molecular flexibility index (Phi) is 2.59.